The van der Waals surface area contributed by atoms with Gasteiger partial charge in [-0.2, -0.15) is 4.57 Å². The van der Waals surface area contributed by atoms with Crippen LogP contribution in [0.5, 0.6) is 0 Å². The van der Waals surface area contributed by atoms with Crippen LogP contribution in [0.1, 0.15) is 16.0 Å². The number of aliphatic hydroxyl groups is 2. The number of rotatable bonds is 5. The summed E-state index contributed by atoms with van der Waals surface area (Å²) in [6.07, 6.45) is 3.50. The molecule has 0 aliphatic carbocycles. The van der Waals surface area contributed by atoms with E-state index in [2.05, 4.69) is 5.32 Å². The number of thiophene rings is 1. The van der Waals surface area contributed by atoms with Gasteiger partial charge in [-0.05, 0) is 36.8 Å². The normalized spacial score (nSPS) is 11.8. The first-order chi connectivity index (χ1) is 13.0. The molecular weight excluding hydrogens is 400 g/mol. The molecule has 3 rings (SSSR count). The van der Waals surface area contributed by atoms with Gasteiger partial charge in [-0.25, -0.2) is 0 Å². The van der Waals surface area contributed by atoms with E-state index < -0.39 is 0 Å². The summed E-state index contributed by atoms with van der Waals surface area (Å²) in [4.78, 5) is 0.956. The average Bonchev–Trinajstić information content (AvgIpc) is 3.10. The minimum Gasteiger partial charge on any atom is -0.501 e. The van der Waals surface area contributed by atoms with Crippen molar-refractivity contribution in [3.63, 3.8) is 0 Å². The van der Waals surface area contributed by atoms with Crippen LogP contribution in [0.3, 0.4) is 0 Å². The Hall–Kier alpha value is -2.25. The number of nitrogens with zero attached hydrogens (tertiary/aromatic N) is 1. The van der Waals surface area contributed by atoms with Gasteiger partial charge in [0.2, 0.25) is 5.76 Å². The molecule has 1 aromatic carbocycles. The van der Waals surface area contributed by atoms with E-state index in [9.17, 15) is 10.2 Å². The minimum atomic E-state index is -0.113. The Kier molecular flexibility index (Phi) is 6.23. The highest BCUT2D eigenvalue weighted by atomic mass is 35.5. The maximum atomic E-state index is 10.9. The van der Waals surface area contributed by atoms with Crippen molar-refractivity contribution < 1.29 is 14.8 Å². The van der Waals surface area contributed by atoms with Gasteiger partial charge in [0.15, 0.2) is 17.4 Å². The summed E-state index contributed by atoms with van der Waals surface area (Å²) >= 11 is 12.9. The quantitative estimate of drug-likeness (QED) is 0.241. The van der Waals surface area contributed by atoms with Crippen LogP contribution in [0.25, 0.3) is 11.5 Å². The van der Waals surface area contributed by atoms with Crippen LogP contribution in [-0.4, -0.2) is 15.2 Å². The fraction of sp³-hybridized carbons (Fsp3) is 0.100. The monoisotopic (exact) mass is 417 g/mol. The van der Waals surface area contributed by atoms with Crippen molar-refractivity contribution >= 4 is 57.3 Å². The molecule has 0 aliphatic heterocycles. The van der Waals surface area contributed by atoms with E-state index in [0.29, 0.717) is 25.5 Å². The maximum Gasteiger partial charge on any atom is 0.289 e. The first-order valence-electron chi connectivity index (χ1n) is 8.17. The summed E-state index contributed by atoms with van der Waals surface area (Å²) in [6.45, 7) is 1.87. The molecule has 0 radical (unpaired) electrons. The molecule has 2 aromatic heterocycles. The third-order valence-corrected chi connectivity index (χ3v) is 5.48. The molecule has 3 aromatic rings. The molecule has 0 atom stereocenters. The fourth-order valence-electron chi connectivity index (χ4n) is 2.56. The van der Waals surface area contributed by atoms with E-state index in [1.165, 1.54) is 11.3 Å². The van der Waals surface area contributed by atoms with Gasteiger partial charge < -0.3 is 15.5 Å². The molecule has 0 aliphatic rings. The van der Waals surface area contributed by atoms with E-state index in [4.69, 9.17) is 23.8 Å². The van der Waals surface area contributed by atoms with Crippen LogP contribution < -0.4 is 9.88 Å². The Morgan fingerprint density at radius 3 is 2.63 bits per heavy atom. The van der Waals surface area contributed by atoms with E-state index >= 15 is 0 Å². The Morgan fingerprint density at radius 1 is 1.19 bits per heavy atom. The summed E-state index contributed by atoms with van der Waals surface area (Å²) in [5.74, 6) is 0.0121. The SMILES string of the molecule is Cc1ccccc1NC(=S)/C(=C(/O)c1ccc(Cl)s1)[n+]1cccc(CO)c1. The molecule has 3 N–H and O–H groups in total. The van der Waals surface area contributed by atoms with Crippen molar-refractivity contribution in [3.8, 4) is 0 Å². The number of halogens is 1. The highest BCUT2D eigenvalue weighted by Gasteiger charge is 2.25. The number of aliphatic hydroxyl groups excluding tert-OH is 2. The number of aromatic nitrogens is 1. The molecule has 0 amide bonds. The molecule has 4 nitrogen and oxygen atoms in total. The molecule has 138 valence electrons. The van der Waals surface area contributed by atoms with Gasteiger partial charge >= 0.3 is 0 Å². The molecule has 0 saturated heterocycles. The fourth-order valence-corrected chi connectivity index (χ4v) is 3.86. The lowest BCUT2D eigenvalue weighted by Gasteiger charge is -2.11. The topological polar surface area (TPSA) is 56.4 Å². The molecule has 2 heterocycles. The van der Waals surface area contributed by atoms with Crippen molar-refractivity contribution in [3.05, 3.63) is 81.3 Å². The first kappa shape index (κ1) is 19.5. The predicted octanol–water partition coefficient (Wildman–Crippen LogP) is 4.81. The van der Waals surface area contributed by atoms with Gasteiger partial charge in [0.05, 0.1) is 15.8 Å². The smallest absolute Gasteiger partial charge is 0.289 e. The molecule has 0 saturated carbocycles. The number of hydrogen-bond donors (Lipinski definition) is 3. The summed E-state index contributed by atoms with van der Waals surface area (Å²) in [7, 11) is 0. The zero-order valence-corrected chi connectivity index (χ0v) is 16.9. The third kappa shape index (κ3) is 4.54. The second-order valence-corrected chi connectivity index (χ2v) is 7.97. The summed E-state index contributed by atoms with van der Waals surface area (Å²) in [5, 5.41) is 23.6. The highest BCUT2D eigenvalue weighted by Crippen LogP contribution is 2.29. The molecule has 27 heavy (non-hydrogen) atoms. The standard InChI is InChI=1S/C20H17ClN2O2S2/c1-13-5-2-3-7-15(13)22-20(26)18(19(25)16-8-9-17(21)27-16)23-10-4-6-14(11-23)12-24/h2-11,24H,12H2,1H3,(H-,22,25,26)/p+1. The summed E-state index contributed by atoms with van der Waals surface area (Å²) in [5.41, 5.74) is 3.00. The van der Waals surface area contributed by atoms with Crippen molar-refractivity contribution in [2.75, 3.05) is 5.32 Å². The van der Waals surface area contributed by atoms with E-state index in [0.717, 1.165) is 11.3 Å². The van der Waals surface area contributed by atoms with Crippen LogP contribution in [0.4, 0.5) is 5.69 Å². The first-order valence-corrected chi connectivity index (χ1v) is 9.77. The van der Waals surface area contributed by atoms with E-state index in [1.54, 1.807) is 41.2 Å². The van der Waals surface area contributed by atoms with Crippen molar-refractivity contribution in [2.24, 2.45) is 0 Å². The van der Waals surface area contributed by atoms with Gasteiger partial charge in [0.25, 0.3) is 5.70 Å². The number of benzene rings is 1. The molecular formula is C20H18ClN2O2S2+. The second-order valence-electron chi connectivity index (χ2n) is 5.85. The number of pyridine rings is 1. The molecule has 7 heteroatoms. The van der Waals surface area contributed by atoms with E-state index in [-0.39, 0.29) is 12.4 Å². The molecule has 0 unspecified atom stereocenters. The van der Waals surface area contributed by atoms with Crippen LogP contribution in [0.2, 0.25) is 4.34 Å². The van der Waals surface area contributed by atoms with Crippen molar-refractivity contribution in [2.45, 2.75) is 13.5 Å². The molecule has 0 fully saturated rings. The lowest BCUT2D eigenvalue weighted by molar-refractivity contribution is -0.576. The number of thiocarbonyl (C=S) groups is 1. The third-order valence-electron chi connectivity index (χ3n) is 3.94. The average molecular weight is 418 g/mol. The zero-order chi connectivity index (χ0) is 19.4. The zero-order valence-electron chi connectivity index (χ0n) is 14.5. The predicted molar refractivity (Wildman–Crippen MR) is 115 cm³/mol. The number of aryl methyl sites for hydroxylation is 1. The number of para-hydroxylation sites is 1. The number of anilines is 1. The Bertz CT molecular complexity index is 1010. The lowest BCUT2D eigenvalue weighted by atomic mass is 10.2. The van der Waals surface area contributed by atoms with Gasteiger partial charge in [0.1, 0.15) is 0 Å². The van der Waals surface area contributed by atoms with Gasteiger partial charge in [-0.3, -0.25) is 0 Å². The summed E-state index contributed by atoms with van der Waals surface area (Å²) in [6, 6.07) is 14.8. The van der Waals surface area contributed by atoms with Crippen LogP contribution in [0, 0.1) is 6.92 Å². The van der Waals surface area contributed by atoms with Crippen LogP contribution >= 0.6 is 35.2 Å². The number of nitrogens with one attached hydrogen (secondary N) is 1. The molecule has 0 bridgehead atoms. The second kappa shape index (κ2) is 8.63. The van der Waals surface area contributed by atoms with Crippen LogP contribution in [-0.2, 0) is 6.61 Å². The van der Waals surface area contributed by atoms with Gasteiger partial charge in [-0.1, -0.05) is 42.0 Å². The summed E-state index contributed by atoms with van der Waals surface area (Å²) < 4.78 is 2.27. The highest BCUT2D eigenvalue weighted by molar-refractivity contribution is 7.81. The van der Waals surface area contributed by atoms with E-state index in [1.807, 2.05) is 31.2 Å². The maximum absolute atomic E-state index is 10.9. The lowest BCUT2D eigenvalue weighted by Crippen LogP contribution is -2.39. The Balaban J connectivity index is 2.09. The molecule has 0 spiro atoms. The van der Waals surface area contributed by atoms with Gasteiger partial charge in [-0.15, -0.1) is 11.3 Å². The van der Waals surface area contributed by atoms with Crippen molar-refractivity contribution in [1.82, 2.24) is 0 Å². The Morgan fingerprint density at radius 2 is 1.96 bits per heavy atom. The number of hydrogen-bond acceptors (Lipinski definition) is 4. The Labute approximate surface area is 172 Å². The van der Waals surface area contributed by atoms with Gasteiger partial charge in [0, 0.05) is 17.3 Å². The largest absolute Gasteiger partial charge is 0.501 e. The van der Waals surface area contributed by atoms with Crippen LogP contribution in [0.15, 0.2) is 60.9 Å². The van der Waals surface area contributed by atoms with Crippen molar-refractivity contribution in [1.29, 1.82) is 0 Å². The minimum absolute atomic E-state index is 0.0121.